The number of carbonyl (C=O) groups is 1. The number of aromatic nitrogens is 2. The molecule has 0 N–H and O–H groups in total. The van der Waals surface area contributed by atoms with Gasteiger partial charge in [0.05, 0.1) is 12.4 Å². The molecule has 0 saturated heterocycles. The minimum atomic E-state index is -0.0117. The number of benzene rings is 2. The Hall–Kier alpha value is -2.59. The summed E-state index contributed by atoms with van der Waals surface area (Å²) in [4.78, 5) is 19.2. The molecular formula is C20H18ClN3O. The van der Waals surface area contributed by atoms with Gasteiger partial charge in [-0.2, -0.15) is 0 Å². The van der Waals surface area contributed by atoms with Gasteiger partial charge < -0.3 is 9.47 Å². The summed E-state index contributed by atoms with van der Waals surface area (Å²) in [7, 11) is 0. The van der Waals surface area contributed by atoms with Gasteiger partial charge in [-0.25, -0.2) is 4.98 Å². The molecule has 3 aromatic rings. The molecule has 1 amide bonds. The Morgan fingerprint density at radius 3 is 2.72 bits per heavy atom. The first-order chi connectivity index (χ1) is 12.2. The lowest BCUT2D eigenvalue weighted by Gasteiger charge is -2.37. The van der Waals surface area contributed by atoms with Crippen molar-refractivity contribution < 1.29 is 4.79 Å². The van der Waals surface area contributed by atoms with E-state index in [9.17, 15) is 4.79 Å². The highest BCUT2D eigenvalue weighted by Gasteiger charge is 2.31. The number of fused-ring (bicyclic) bond motifs is 1. The number of nitrogens with zero attached hydrogens (tertiary/aromatic N) is 3. The van der Waals surface area contributed by atoms with E-state index in [1.807, 2.05) is 21.7 Å². The molecule has 0 aliphatic carbocycles. The van der Waals surface area contributed by atoms with Crippen molar-refractivity contribution in [3.8, 4) is 0 Å². The van der Waals surface area contributed by atoms with Gasteiger partial charge in [0.15, 0.2) is 0 Å². The van der Waals surface area contributed by atoms with E-state index < -0.39 is 0 Å². The summed E-state index contributed by atoms with van der Waals surface area (Å²) in [6.45, 7) is 1.40. The molecule has 0 spiro atoms. The third-order valence-corrected chi connectivity index (χ3v) is 4.96. The molecule has 1 aromatic heterocycles. The van der Waals surface area contributed by atoms with Gasteiger partial charge in [-0.15, -0.1) is 0 Å². The Balaban J connectivity index is 1.70. The van der Waals surface area contributed by atoms with Crippen LogP contribution >= 0.6 is 11.6 Å². The second-order valence-corrected chi connectivity index (χ2v) is 6.67. The van der Waals surface area contributed by atoms with Gasteiger partial charge in [0.25, 0.3) is 5.91 Å². The summed E-state index contributed by atoms with van der Waals surface area (Å²) in [5.41, 5.74) is 3.19. The van der Waals surface area contributed by atoms with E-state index in [1.54, 1.807) is 36.8 Å². The average molecular weight is 352 g/mol. The van der Waals surface area contributed by atoms with E-state index in [2.05, 4.69) is 23.2 Å². The normalized spacial score (nSPS) is 16.5. The van der Waals surface area contributed by atoms with E-state index in [0.29, 0.717) is 23.7 Å². The van der Waals surface area contributed by atoms with Crippen molar-refractivity contribution in [2.75, 3.05) is 6.54 Å². The monoisotopic (exact) mass is 351 g/mol. The van der Waals surface area contributed by atoms with Gasteiger partial charge in [0.1, 0.15) is 0 Å². The van der Waals surface area contributed by atoms with Crippen molar-refractivity contribution in [3.63, 3.8) is 0 Å². The van der Waals surface area contributed by atoms with Crippen LogP contribution in [0.15, 0.2) is 67.3 Å². The fourth-order valence-electron chi connectivity index (χ4n) is 3.44. The van der Waals surface area contributed by atoms with Gasteiger partial charge in [-0.05, 0) is 41.8 Å². The van der Waals surface area contributed by atoms with Crippen LogP contribution in [0.4, 0.5) is 0 Å². The molecule has 1 aliphatic heterocycles. The number of halogens is 1. The third-order valence-electron chi connectivity index (χ3n) is 4.71. The highest BCUT2D eigenvalue weighted by Crippen LogP contribution is 2.32. The first kappa shape index (κ1) is 15.9. The number of rotatable bonds is 3. The zero-order valence-corrected chi connectivity index (χ0v) is 14.4. The first-order valence-corrected chi connectivity index (χ1v) is 8.70. The van der Waals surface area contributed by atoms with Crippen LogP contribution in [-0.4, -0.2) is 26.9 Å². The summed E-state index contributed by atoms with van der Waals surface area (Å²) in [5, 5.41) is 0.635. The molecule has 1 atom stereocenters. The van der Waals surface area contributed by atoms with Crippen molar-refractivity contribution in [2.45, 2.75) is 19.0 Å². The minimum absolute atomic E-state index is 0.0117. The first-order valence-electron chi connectivity index (χ1n) is 8.32. The lowest BCUT2D eigenvalue weighted by molar-refractivity contribution is 0.0640. The Morgan fingerprint density at radius 1 is 1.16 bits per heavy atom. The Morgan fingerprint density at radius 2 is 1.96 bits per heavy atom. The van der Waals surface area contributed by atoms with Gasteiger partial charge in [-0.1, -0.05) is 35.9 Å². The highest BCUT2D eigenvalue weighted by molar-refractivity contribution is 6.30. The second kappa shape index (κ2) is 6.73. The SMILES string of the molecule is O=C(c1ccc(Cl)cc1)N1CCc2ccccc2C1Cn1ccnc1. The lowest BCUT2D eigenvalue weighted by Crippen LogP contribution is -2.41. The van der Waals surface area contributed by atoms with Crippen LogP contribution < -0.4 is 0 Å². The zero-order chi connectivity index (χ0) is 17.2. The van der Waals surface area contributed by atoms with E-state index in [1.165, 1.54) is 11.1 Å². The largest absolute Gasteiger partial charge is 0.335 e. The van der Waals surface area contributed by atoms with Crippen LogP contribution in [0.2, 0.25) is 5.02 Å². The maximum absolute atomic E-state index is 13.1. The second-order valence-electron chi connectivity index (χ2n) is 6.23. The van der Waals surface area contributed by atoms with E-state index in [0.717, 1.165) is 6.42 Å². The van der Waals surface area contributed by atoms with E-state index >= 15 is 0 Å². The molecule has 2 heterocycles. The van der Waals surface area contributed by atoms with Crippen molar-refractivity contribution in [1.29, 1.82) is 0 Å². The average Bonchev–Trinajstić information content (AvgIpc) is 3.15. The fraction of sp³-hybridized carbons (Fsp3) is 0.200. The van der Waals surface area contributed by atoms with Crippen molar-refractivity contribution in [2.24, 2.45) is 0 Å². The number of amides is 1. The summed E-state index contributed by atoms with van der Waals surface area (Å²) >= 11 is 5.96. The standard InChI is InChI=1S/C20H18ClN3O/c21-17-7-5-16(6-8-17)20(25)24-11-9-15-3-1-2-4-18(15)19(24)13-23-12-10-22-14-23/h1-8,10,12,14,19H,9,11,13H2. The highest BCUT2D eigenvalue weighted by atomic mass is 35.5. The maximum Gasteiger partial charge on any atom is 0.254 e. The maximum atomic E-state index is 13.1. The number of imidazole rings is 1. The summed E-state index contributed by atoms with van der Waals surface area (Å²) in [6.07, 6.45) is 6.36. The number of hydrogen-bond acceptors (Lipinski definition) is 2. The molecule has 0 saturated carbocycles. The zero-order valence-electron chi connectivity index (χ0n) is 13.7. The van der Waals surface area contributed by atoms with E-state index in [4.69, 9.17) is 11.6 Å². The van der Waals surface area contributed by atoms with Crippen LogP contribution in [-0.2, 0) is 13.0 Å². The fourth-order valence-corrected chi connectivity index (χ4v) is 3.57. The molecule has 126 valence electrons. The molecule has 5 heteroatoms. The minimum Gasteiger partial charge on any atom is -0.335 e. The van der Waals surface area contributed by atoms with Gasteiger partial charge >= 0.3 is 0 Å². The smallest absolute Gasteiger partial charge is 0.254 e. The molecule has 0 fully saturated rings. The molecule has 4 rings (SSSR count). The third kappa shape index (κ3) is 3.17. The molecule has 25 heavy (non-hydrogen) atoms. The predicted octanol–water partition coefficient (Wildman–Crippen LogP) is 3.98. The Bertz CT molecular complexity index is 874. The predicted molar refractivity (Wildman–Crippen MR) is 97.6 cm³/mol. The summed E-state index contributed by atoms with van der Waals surface area (Å²) in [6, 6.07) is 15.5. The molecule has 1 unspecified atom stereocenters. The van der Waals surface area contributed by atoms with Gasteiger partial charge in [0.2, 0.25) is 0 Å². The molecule has 2 aromatic carbocycles. The van der Waals surface area contributed by atoms with Gasteiger partial charge in [0, 0.05) is 36.1 Å². The topological polar surface area (TPSA) is 38.1 Å². The van der Waals surface area contributed by atoms with Crippen LogP contribution in [0.25, 0.3) is 0 Å². The van der Waals surface area contributed by atoms with Crippen LogP contribution in [0.5, 0.6) is 0 Å². The molecule has 1 aliphatic rings. The summed E-state index contributed by atoms with van der Waals surface area (Å²) in [5.74, 6) is 0.0382. The van der Waals surface area contributed by atoms with Crippen molar-refractivity contribution in [3.05, 3.63) is 89.0 Å². The van der Waals surface area contributed by atoms with Crippen molar-refractivity contribution in [1.82, 2.24) is 14.5 Å². The molecule has 0 bridgehead atoms. The van der Waals surface area contributed by atoms with Crippen LogP contribution in [0.3, 0.4) is 0 Å². The van der Waals surface area contributed by atoms with Crippen molar-refractivity contribution >= 4 is 17.5 Å². The number of carbonyl (C=O) groups excluding carboxylic acids is 1. The molecule has 4 nitrogen and oxygen atoms in total. The van der Waals surface area contributed by atoms with Crippen LogP contribution in [0.1, 0.15) is 27.5 Å². The lowest BCUT2D eigenvalue weighted by atomic mass is 9.92. The summed E-state index contributed by atoms with van der Waals surface area (Å²) < 4.78 is 2.02. The molecular weight excluding hydrogens is 334 g/mol. The number of hydrogen-bond donors (Lipinski definition) is 0. The Labute approximate surface area is 151 Å². The Kier molecular flexibility index (Phi) is 4.28. The van der Waals surface area contributed by atoms with Crippen LogP contribution in [0, 0.1) is 0 Å². The van der Waals surface area contributed by atoms with Gasteiger partial charge in [-0.3, -0.25) is 4.79 Å². The van der Waals surface area contributed by atoms with E-state index in [-0.39, 0.29) is 11.9 Å². The molecule has 0 radical (unpaired) electrons. The quantitative estimate of drug-likeness (QED) is 0.716.